The van der Waals surface area contributed by atoms with E-state index in [1.807, 2.05) is 0 Å². The van der Waals surface area contributed by atoms with Gasteiger partial charge in [-0.25, -0.2) is 4.98 Å². The quantitative estimate of drug-likeness (QED) is 0.775. The number of hydrogen-bond acceptors (Lipinski definition) is 7. The number of H-pyrrole nitrogens is 1. The van der Waals surface area contributed by atoms with Crippen molar-refractivity contribution in [2.45, 2.75) is 37.5 Å². The molecule has 7 nitrogen and oxygen atoms in total. The molecule has 0 fully saturated rings. The molecule has 2 rings (SSSR count). The number of hydrogen-bond donors (Lipinski definition) is 2. The minimum absolute atomic E-state index is 0.614. The summed E-state index contributed by atoms with van der Waals surface area (Å²) in [7, 11) is 0. The second-order valence-corrected chi connectivity index (χ2v) is 5.29. The maximum absolute atomic E-state index is 4.53. The van der Waals surface area contributed by atoms with Crippen LogP contribution in [0.2, 0.25) is 0 Å². The van der Waals surface area contributed by atoms with Gasteiger partial charge >= 0.3 is 0 Å². The van der Waals surface area contributed by atoms with Crippen molar-refractivity contribution in [3.05, 3.63) is 12.4 Å². The lowest BCUT2D eigenvalue weighted by atomic mass is 10.5. The van der Waals surface area contributed by atoms with Gasteiger partial charge in [-0.1, -0.05) is 6.92 Å². The Kier molecular flexibility index (Phi) is 5.79. The van der Waals surface area contributed by atoms with E-state index in [1.165, 1.54) is 11.8 Å². The summed E-state index contributed by atoms with van der Waals surface area (Å²) in [6.07, 6.45) is 4.52. The molecule has 0 saturated heterocycles. The largest absolute Gasteiger partial charge is 0.354 e. The second kappa shape index (κ2) is 7.82. The van der Waals surface area contributed by atoms with E-state index in [4.69, 9.17) is 0 Å². The minimum Gasteiger partial charge on any atom is -0.354 e. The van der Waals surface area contributed by atoms with Gasteiger partial charge in [0.1, 0.15) is 0 Å². The number of aromatic nitrogens is 5. The van der Waals surface area contributed by atoms with Crippen molar-refractivity contribution in [1.82, 2.24) is 24.9 Å². The van der Waals surface area contributed by atoms with Gasteiger partial charge in [-0.2, -0.15) is 15.0 Å². The molecule has 0 amide bonds. The molecule has 0 atom stereocenters. The van der Waals surface area contributed by atoms with Crippen LogP contribution >= 0.6 is 11.8 Å². The van der Waals surface area contributed by atoms with Crippen molar-refractivity contribution in [2.24, 2.45) is 0 Å². The van der Waals surface area contributed by atoms with Crippen LogP contribution in [0.3, 0.4) is 0 Å². The molecule has 0 spiro atoms. The van der Waals surface area contributed by atoms with Crippen LogP contribution < -0.4 is 10.2 Å². The van der Waals surface area contributed by atoms with E-state index in [0.29, 0.717) is 17.1 Å². The van der Waals surface area contributed by atoms with Gasteiger partial charge in [0.05, 0.1) is 0 Å². The van der Waals surface area contributed by atoms with Gasteiger partial charge in [-0.3, -0.25) is 0 Å². The Morgan fingerprint density at radius 2 is 2.00 bits per heavy atom. The highest BCUT2D eigenvalue weighted by Crippen LogP contribution is 2.23. The summed E-state index contributed by atoms with van der Waals surface area (Å²) in [6, 6.07) is 0. The molecule has 8 heteroatoms. The third-order valence-electron chi connectivity index (χ3n) is 2.84. The Morgan fingerprint density at radius 3 is 2.62 bits per heavy atom. The van der Waals surface area contributed by atoms with Crippen LogP contribution in [0.1, 0.15) is 27.2 Å². The van der Waals surface area contributed by atoms with Crippen LogP contribution in [-0.4, -0.2) is 44.6 Å². The van der Waals surface area contributed by atoms with Gasteiger partial charge in [-0.15, -0.1) is 0 Å². The molecular formula is C13H21N7S. The number of anilines is 2. The molecule has 21 heavy (non-hydrogen) atoms. The van der Waals surface area contributed by atoms with Crippen molar-refractivity contribution in [3.8, 4) is 0 Å². The first kappa shape index (κ1) is 15.6. The minimum atomic E-state index is 0.614. The number of nitrogens with zero attached hydrogens (tertiary/aromatic N) is 5. The fourth-order valence-corrected chi connectivity index (χ4v) is 2.42. The molecule has 0 aliphatic rings. The fourth-order valence-electron chi connectivity index (χ4n) is 1.75. The summed E-state index contributed by atoms with van der Waals surface area (Å²) in [5, 5.41) is 4.64. The normalized spacial score (nSPS) is 10.6. The van der Waals surface area contributed by atoms with Crippen molar-refractivity contribution in [3.63, 3.8) is 0 Å². The standard InChI is InChI=1S/C13H21N7S/c1-4-7-14-10-17-11(20(5-2)6-3)19-13(18-10)21-12-15-8-9-16-12/h8-9H,4-7H2,1-3H3,(H,15,16)(H,14,17,18,19). The highest BCUT2D eigenvalue weighted by Gasteiger charge is 2.12. The van der Waals surface area contributed by atoms with E-state index in [-0.39, 0.29) is 0 Å². The SMILES string of the molecule is CCCNc1nc(Sc2ncc[nH]2)nc(N(CC)CC)n1. The van der Waals surface area contributed by atoms with Gasteiger partial charge in [0.2, 0.25) is 17.1 Å². The lowest BCUT2D eigenvalue weighted by Gasteiger charge is -2.19. The fraction of sp³-hybridized carbons (Fsp3) is 0.538. The molecule has 0 saturated carbocycles. The molecule has 0 radical (unpaired) electrons. The van der Waals surface area contributed by atoms with Crippen molar-refractivity contribution >= 4 is 23.7 Å². The van der Waals surface area contributed by atoms with E-state index in [2.05, 4.69) is 55.9 Å². The molecule has 0 aromatic carbocycles. The zero-order chi connectivity index (χ0) is 15.1. The first-order valence-corrected chi connectivity index (χ1v) is 8.00. The van der Waals surface area contributed by atoms with Crippen LogP contribution in [0, 0.1) is 0 Å². The third kappa shape index (κ3) is 4.32. The maximum Gasteiger partial charge on any atom is 0.231 e. The van der Waals surface area contributed by atoms with E-state index >= 15 is 0 Å². The Hall–Kier alpha value is -1.83. The van der Waals surface area contributed by atoms with Gasteiger partial charge in [-0.05, 0) is 32.0 Å². The summed E-state index contributed by atoms with van der Waals surface area (Å²) < 4.78 is 0. The highest BCUT2D eigenvalue weighted by atomic mass is 32.2. The van der Waals surface area contributed by atoms with Crippen molar-refractivity contribution in [2.75, 3.05) is 29.9 Å². The van der Waals surface area contributed by atoms with Gasteiger partial charge in [0.15, 0.2) is 5.16 Å². The summed E-state index contributed by atoms with van der Waals surface area (Å²) in [5.41, 5.74) is 0. The Balaban J connectivity index is 2.27. The molecule has 2 heterocycles. The molecule has 0 unspecified atom stereocenters. The summed E-state index contributed by atoms with van der Waals surface area (Å²) in [5.74, 6) is 1.31. The van der Waals surface area contributed by atoms with E-state index in [0.717, 1.165) is 31.2 Å². The maximum atomic E-state index is 4.53. The first-order chi connectivity index (χ1) is 10.3. The summed E-state index contributed by atoms with van der Waals surface area (Å²) >= 11 is 1.40. The van der Waals surface area contributed by atoms with Crippen molar-refractivity contribution < 1.29 is 0 Å². The van der Waals surface area contributed by atoms with E-state index < -0.39 is 0 Å². The number of aromatic amines is 1. The van der Waals surface area contributed by atoms with Crippen LogP contribution in [-0.2, 0) is 0 Å². The van der Waals surface area contributed by atoms with Gasteiger partial charge < -0.3 is 15.2 Å². The van der Waals surface area contributed by atoms with Gasteiger partial charge in [0.25, 0.3) is 0 Å². The average molecular weight is 307 g/mol. The van der Waals surface area contributed by atoms with Crippen LogP contribution in [0.4, 0.5) is 11.9 Å². The molecule has 2 aromatic heterocycles. The predicted molar refractivity (Wildman–Crippen MR) is 84.9 cm³/mol. The zero-order valence-electron chi connectivity index (χ0n) is 12.6. The molecule has 2 N–H and O–H groups in total. The lowest BCUT2D eigenvalue weighted by Crippen LogP contribution is -2.25. The third-order valence-corrected chi connectivity index (χ3v) is 3.63. The zero-order valence-corrected chi connectivity index (χ0v) is 13.4. The van der Waals surface area contributed by atoms with Crippen LogP contribution in [0.15, 0.2) is 22.7 Å². The van der Waals surface area contributed by atoms with E-state index in [9.17, 15) is 0 Å². The predicted octanol–water partition coefficient (Wildman–Crippen LogP) is 2.41. The van der Waals surface area contributed by atoms with Gasteiger partial charge in [0, 0.05) is 32.0 Å². The number of imidazole rings is 1. The molecule has 0 aliphatic heterocycles. The molecule has 0 aliphatic carbocycles. The smallest absolute Gasteiger partial charge is 0.231 e. The topological polar surface area (TPSA) is 82.6 Å². The summed E-state index contributed by atoms with van der Waals surface area (Å²) in [4.78, 5) is 22.8. The molecule has 2 aromatic rings. The lowest BCUT2D eigenvalue weighted by molar-refractivity contribution is 0.779. The molecule has 114 valence electrons. The van der Waals surface area contributed by atoms with E-state index in [1.54, 1.807) is 12.4 Å². The van der Waals surface area contributed by atoms with Crippen LogP contribution in [0.5, 0.6) is 0 Å². The number of nitrogens with one attached hydrogen (secondary N) is 2. The Morgan fingerprint density at radius 1 is 1.19 bits per heavy atom. The molecule has 0 bridgehead atoms. The van der Waals surface area contributed by atoms with Crippen LogP contribution in [0.25, 0.3) is 0 Å². The Labute approximate surface area is 129 Å². The van der Waals surface area contributed by atoms with Crippen molar-refractivity contribution in [1.29, 1.82) is 0 Å². The molecular weight excluding hydrogens is 286 g/mol. The Bertz CT molecular complexity index is 539. The first-order valence-electron chi connectivity index (χ1n) is 7.18. The average Bonchev–Trinajstić information content (AvgIpc) is 2.99. The summed E-state index contributed by atoms with van der Waals surface area (Å²) in [6.45, 7) is 8.85. The number of rotatable bonds is 8. The second-order valence-electron chi connectivity index (χ2n) is 4.34. The highest BCUT2D eigenvalue weighted by molar-refractivity contribution is 7.99. The monoisotopic (exact) mass is 307 g/mol.